The van der Waals surface area contributed by atoms with Gasteiger partial charge in [-0.2, -0.15) is 0 Å². The van der Waals surface area contributed by atoms with E-state index >= 15 is 0 Å². The van der Waals surface area contributed by atoms with E-state index < -0.39 is 11.4 Å². The fourth-order valence-corrected chi connectivity index (χ4v) is 5.26. The molecule has 2 N–H and O–H groups in total. The quantitative estimate of drug-likeness (QED) is 0.700. The highest BCUT2D eigenvalue weighted by Crippen LogP contribution is 2.48. The van der Waals surface area contributed by atoms with E-state index in [2.05, 4.69) is 27.1 Å². The summed E-state index contributed by atoms with van der Waals surface area (Å²) in [4.78, 5) is 14.1. The van der Waals surface area contributed by atoms with Gasteiger partial charge in [-0.15, -0.1) is 11.8 Å². The highest BCUT2D eigenvalue weighted by atomic mass is 32.2. The van der Waals surface area contributed by atoms with Crippen molar-refractivity contribution in [3.8, 4) is 0 Å². The van der Waals surface area contributed by atoms with Gasteiger partial charge in [-0.1, -0.05) is 18.2 Å². The molecule has 2 saturated heterocycles. The van der Waals surface area contributed by atoms with Crippen LogP contribution in [0.2, 0.25) is 0 Å². The molecule has 0 radical (unpaired) electrons. The van der Waals surface area contributed by atoms with Gasteiger partial charge >= 0.3 is 0 Å². The molecule has 3 aromatic rings. The van der Waals surface area contributed by atoms with Gasteiger partial charge < -0.3 is 24.5 Å². The van der Waals surface area contributed by atoms with Crippen molar-refractivity contribution in [2.24, 2.45) is 0 Å². The SMILES string of the molecule is CC1(C)OCC2(CO1)OC[C@H](n1cnc3c(N)ncnc31)[C@H]2Sc1ccccc1. The third-order valence-electron chi connectivity index (χ3n) is 5.49. The number of rotatable bonds is 3. The molecule has 4 heterocycles. The van der Waals surface area contributed by atoms with Crippen molar-refractivity contribution in [3.05, 3.63) is 43.0 Å². The van der Waals surface area contributed by atoms with Gasteiger partial charge in [0, 0.05) is 4.90 Å². The van der Waals surface area contributed by atoms with Gasteiger partial charge in [0.25, 0.3) is 0 Å². The maximum Gasteiger partial charge on any atom is 0.165 e. The van der Waals surface area contributed by atoms with E-state index in [0.29, 0.717) is 36.8 Å². The molecule has 0 aliphatic carbocycles. The summed E-state index contributed by atoms with van der Waals surface area (Å²) in [7, 11) is 0. The smallest absolute Gasteiger partial charge is 0.165 e. The summed E-state index contributed by atoms with van der Waals surface area (Å²) in [6, 6.07) is 10.3. The summed E-state index contributed by atoms with van der Waals surface area (Å²) in [5.41, 5.74) is 6.74. The average Bonchev–Trinajstić information content (AvgIpc) is 3.29. The maximum atomic E-state index is 6.38. The zero-order valence-electron chi connectivity index (χ0n) is 16.3. The van der Waals surface area contributed by atoms with Crippen molar-refractivity contribution < 1.29 is 14.2 Å². The van der Waals surface area contributed by atoms with Crippen LogP contribution < -0.4 is 5.73 Å². The molecule has 2 aliphatic rings. The Bertz CT molecular complexity index is 1020. The Kier molecular flexibility index (Phi) is 4.50. The molecule has 0 saturated carbocycles. The number of aromatic nitrogens is 4. The van der Waals surface area contributed by atoms with Gasteiger partial charge in [-0.05, 0) is 26.0 Å². The molecule has 1 aromatic carbocycles. The molecule has 0 unspecified atom stereocenters. The molecule has 0 bridgehead atoms. The van der Waals surface area contributed by atoms with Gasteiger partial charge in [0.1, 0.15) is 17.4 Å². The number of thioether (sulfide) groups is 1. The third-order valence-corrected chi connectivity index (χ3v) is 7.03. The van der Waals surface area contributed by atoms with Crippen LogP contribution in [0.3, 0.4) is 0 Å². The van der Waals surface area contributed by atoms with Crippen LogP contribution in [-0.2, 0) is 14.2 Å². The molecule has 2 fully saturated rings. The van der Waals surface area contributed by atoms with Crippen molar-refractivity contribution >= 4 is 28.7 Å². The third kappa shape index (κ3) is 3.28. The number of hydrogen-bond acceptors (Lipinski definition) is 8. The molecule has 29 heavy (non-hydrogen) atoms. The second kappa shape index (κ2) is 6.94. The Morgan fingerprint density at radius 3 is 2.59 bits per heavy atom. The summed E-state index contributed by atoms with van der Waals surface area (Å²) in [6.07, 6.45) is 3.24. The molecule has 9 heteroatoms. The van der Waals surface area contributed by atoms with E-state index in [-0.39, 0.29) is 11.3 Å². The van der Waals surface area contributed by atoms with Crippen LogP contribution in [0.15, 0.2) is 47.9 Å². The van der Waals surface area contributed by atoms with Gasteiger partial charge in [-0.25, -0.2) is 15.0 Å². The summed E-state index contributed by atoms with van der Waals surface area (Å²) in [6.45, 7) is 5.28. The van der Waals surface area contributed by atoms with E-state index in [0.717, 1.165) is 4.90 Å². The van der Waals surface area contributed by atoms with Crippen LogP contribution in [-0.4, -0.2) is 56.0 Å². The monoisotopic (exact) mass is 413 g/mol. The lowest BCUT2D eigenvalue weighted by molar-refractivity contribution is -0.300. The van der Waals surface area contributed by atoms with Crippen molar-refractivity contribution in [1.29, 1.82) is 0 Å². The maximum absolute atomic E-state index is 6.38. The van der Waals surface area contributed by atoms with Crippen LogP contribution in [0.1, 0.15) is 19.9 Å². The molecule has 5 rings (SSSR count). The molecule has 8 nitrogen and oxygen atoms in total. The Morgan fingerprint density at radius 1 is 1.07 bits per heavy atom. The molecular weight excluding hydrogens is 390 g/mol. The minimum atomic E-state index is -0.613. The zero-order valence-corrected chi connectivity index (χ0v) is 17.1. The lowest BCUT2D eigenvalue weighted by Crippen LogP contribution is -2.56. The van der Waals surface area contributed by atoms with Crippen molar-refractivity contribution in [2.45, 2.75) is 41.4 Å². The molecule has 0 amide bonds. The molecule has 2 atom stereocenters. The number of benzene rings is 1. The largest absolute Gasteiger partial charge is 0.382 e. The predicted octanol–water partition coefficient (Wildman–Crippen LogP) is 2.66. The van der Waals surface area contributed by atoms with E-state index in [1.165, 1.54) is 6.33 Å². The fraction of sp³-hybridized carbons (Fsp3) is 0.450. The van der Waals surface area contributed by atoms with E-state index in [1.807, 2.05) is 36.6 Å². The fourth-order valence-electron chi connectivity index (χ4n) is 3.86. The van der Waals surface area contributed by atoms with Crippen molar-refractivity contribution in [2.75, 3.05) is 25.6 Å². The second-order valence-electron chi connectivity index (χ2n) is 7.85. The number of anilines is 1. The minimum absolute atomic E-state index is 0.00656. The number of fused-ring (bicyclic) bond motifs is 1. The first-order chi connectivity index (χ1) is 14.0. The van der Waals surface area contributed by atoms with Crippen LogP contribution in [0.25, 0.3) is 11.2 Å². The lowest BCUT2D eigenvalue weighted by Gasteiger charge is -2.43. The summed E-state index contributed by atoms with van der Waals surface area (Å²) in [5, 5.41) is 0.0367. The highest BCUT2D eigenvalue weighted by Gasteiger charge is 2.55. The Morgan fingerprint density at radius 2 is 1.83 bits per heavy atom. The number of hydrogen-bond donors (Lipinski definition) is 1. The van der Waals surface area contributed by atoms with Gasteiger partial charge in [0.15, 0.2) is 17.3 Å². The molecule has 2 aromatic heterocycles. The number of nitrogen functional groups attached to an aromatic ring is 1. The summed E-state index contributed by atoms with van der Waals surface area (Å²) >= 11 is 1.77. The highest BCUT2D eigenvalue weighted by molar-refractivity contribution is 8.00. The first kappa shape index (κ1) is 18.8. The van der Waals surface area contributed by atoms with E-state index in [1.54, 1.807) is 18.1 Å². The number of nitrogens with zero attached hydrogens (tertiary/aromatic N) is 4. The molecule has 2 aliphatic heterocycles. The number of imidazole rings is 1. The number of ether oxygens (including phenoxy) is 3. The first-order valence-corrected chi connectivity index (χ1v) is 10.4. The number of nitrogens with two attached hydrogens (primary N) is 1. The van der Waals surface area contributed by atoms with Crippen LogP contribution >= 0.6 is 11.8 Å². The summed E-state index contributed by atoms with van der Waals surface area (Å²) < 4.78 is 20.4. The van der Waals surface area contributed by atoms with Crippen LogP contribution in [0.4, 0.5) is 5.82 Å². The normalized spacial score (nSPS) is 25.6. The predicted molar refractivity (Wildman–Crippen MR) is 110 cm³/mol. The van der Waals surface area contributed by atoms with Crippen LogP contribution in [0.5, 0.6) is 0 Å². The Labute approximate surface area is 172 Å². The van der Waals surface area contributed by atoms with Crippen molar-refractivity contribution in [3.63, 3.8) is 0 Å². The van der Waals surface area contributed by atoms with E-state index in [9.17, 15) is 0 Å². The average molecular weight is 414 g/mol. The first-order valence-electron chi connectivity index (χ1n) is 9.54. The Balaban J connectivity index is 1.54. The van der Waals surface area contributed by atoms with Gasteiger partial charge in [-0.3, -0.25) is 0 Å². The minimum Gasteiger partial charge on any atom is -0.382 e. The van der Waals surface area contributed by atoms with E-state index in [4.69, 9.17) is 19.9 Å². The van der Waals surface area contributed by atoms with Gasteiger partial charge in [0.05, 0.1) is 37.4 Å². The second-order valence-corrected chi connectivity index (χ2v) is 9.07. The van der Waals surface area contributed by atoms with Crippen molar-refractivity contribution in [1.82, 2.24) is 19.5 Å². The summed E-state index contributed by atoms with van der Waals surface area (Å²) in [5.74, 6) is -0.237. The van der Waals surface area contributed by atoms with Crippen LogP contribution in [0, 0.1) is 0 Å². The Hall–Kier alpha value is -2.20. The zero-order chi connectivity index (χ0) is 20.1. The topological polar surface area (TPSA) is 97.3 Å². The molecule has 1 spiro atoms. The molecular formula is C20H23N5O3S. The standard InChI is InChI=1S/C20H23N5O3S/c1-19(2)27-9-20(10-28-19)16(29-13-6-4-3-5-7-13)14(8-26-20)25-12-24-15-17(21)22-11-23-18(15)25/h3-7,11-12,14,16H,8-10H2,1-2H3,(H2,21,22,23)/t14-,16+/m0/s1. The van der Waals surface area contributed by atoms with Gasteiger partial charge in [0.2, 0.25) is 0 Å². The lowest BCUT2D eigenvalue weighted by atomic mass is 9.97. The molecule has 152 valence electrons.